The van der Waals surface area contributed by atoms with Crippen LogP contribution in [-0.4, -0.2) is 0 Å². The number of hydrogen-bond acceptors (Lipinski definition) is 0. The second kappa shape index (κ2) is 15.1. The van der Waals surface area contributed by atoms with Gasteiger partial charge in [-0.05, 0) is 97.9 Å². The van der Waals surface area contributed by atoms with E-state index in [4.69, 9.17) is 0 Å². The van der Waals surface area contributed by atoms with E-state index in [2.05, 4.69) is 85.1 Å². The van der Waals surface area contributed by atoms with Crippen LogP contribution in [0.1, 0.15) is 119 Å². The zero-order valence-corrected chi connectivity index (χ0v) is 24.3. The summed E-state index contributed by atoms with van der Waals surface area (Å²) < 4.78 is 0. The maximum atomic E-state index is 4.60. The van der Waals surface area contributed by atoms with Crippen molar-refractivity contribution in [3.05, 3.63) is 60.8 Å². The summed E-state index contributed by atoms with van der Waals surface area (Å²) in [5.41, 5.74) is 3.34. The largest absolute Gasteiger partial charge is 0.103 e. The lowest BCUT2D eigenvalue weighted by Gasteiger charge is -2.30. The van der Waals surface area contributed by atoms with Gasteiger partial charge in [0.05, 0.1) is 0 Å². The van der Waals surface area contributed by atoms with Crippen LogP contribution in [0, 0.1) is 40.9 Å². The second-order valence-electron chi connectivity index (χ2n) is 13.3. The normalized spacial score (nSPS) is 27.9. The van der Waals surface area contributed by atoms with Crippen LogP contribution in [0.2, 0.25) is 0 Å². The molecule has 0 saturated heterocycles. The molecule has 0 heterocycles. The highest BCUT2D eigenvalue weighted by Crippen LogP contribution is 2.44. The molecule has 0 heteroatoms. The Kier molecular flexibility index (Phi) is 12.9. The Bertz CT molecular complexity index is 722. The van der Waals surface area contributed by atoms with E-state index in [9.17, 15) is 0 Å². The van der Waals surface area contributed by atoms with Gasteiger partial charge in [-0.1, -0.05) is 116 Å². The molecule has 198 valence electrons. The molecule has 0 aromatic rings. The molecule has 0 N–H and O–H groups in total. The zero-order chi connectivity index (χ0) is 25.8. The fraction of sp³-hybridized carbons (Fsp3) is 0.714. The molecular weight excluding hydrogens is 420 g/mol. The van der Waals surface area contributed by atoms with Gasteiger partial charge in [-0.2, -0.15) is 0 Å². The zero-order valence-electron chi connectivity index (χ0n) is 24.3. The minimum absolute atomic E-state index is 0.354. The predicted octanol–water partition coefficient (Wildman–Crippen LogP) is 11.3. The van der Waals surface area contributed by atoms with Crippen molar-refractivity contribution in [3.63, 3.8) is 0 Å². The SMILES string of the molecule is C=CC/C=C\CC(=C)[C@@H](CC1CCC(C(C)C)C1)C1CCC[C@H](C)CC1.CC(C)(C)C1=CCC=C1. The highest BCUT2D eigenvalue weighted by atomic mass is 14.4. The van der Waals surface area contributed by atoms with Crippen LogP contribution in [0.25, 0.3) is 0 Å². The average molecular weight is 479 g/mol. The summed E-state index contributed by atoms with van der Waals surface area (Å²) in [5, 5.41) is 0. The van der Waals surface area contributed by atoms with Crippen molar-refractivity contribution >= 4 is 0 Å². The van der Waals surface area contributed by atoms with Crippen molar-refractivity contribution in [2.75, 3.05) is 0 Å². The first-order chi connectivity index (χ1) is 16.6. The Labute approximate surface area is 220 Å². The van der Waals surface area contributed by atoms with E-state index < -0.39 is 0 Å². The first-order valence-electron chi connectivity index (χ1n) is 14.9. The Hall–Kier alpha value is -1.30. The van der Waals surface area contributed by atoms with E-state index in [0.29, 0.717) is 5.41 Å². The molecule has 0 nitrogen and oxygen atoms in total. The van der Waals surface area contributed by atoms with Crippen LogP contribution in [0.5, 0.6) is 0 Å². The van der Waals surface area contributed by atoms with Gasteiger partial charge in [0.25, 0.3) is 0 Å². The molecule has 0 amide bonds. The highest BCUT2D eigenvalue weighted by Gasteiger charge is 2.32. The third-order valence-electron chi connectivity index (χ3n) is 8.99. The van der Waals surface area contributed by atoms with Gasteiger partial charge in [0, 0.05) is 0 Å². The monoisotopic (exact) mass is 478 g/mol. The molecule has 2 fully saturated rings. The fourth-order valence-electron chi connectivity index (χ4n) is 6.50. The van der Waals surface area contributed by atoms with E-state index in [1.165, 1.54) is 68.9 Å². The molecule has 3 unspecified atom stereocenters. The Balaban J connectivity index is 0.000000402. The Morgan fingerprint density at radius 3 is 2.34 bits per heavy atom. The van der Waals surface area contributed by atoms with Gasteiger partial charge in [0.1, 0.15) is 0 Å². The van der Waals surface area contributed by atoms with Crippen LogP contribution in [0.15, 0.2) is 60.8 Å². The highest BCUT2D eigenvalue weighted by molar-refractivity contribution is 5.30. The molecular formula is C35H58. The van der Waals surface area contributed by atoms with E-state index in [0.717, 1.165) is 54.8 Å². The van der Waals surface area contributed by atoms with Crippen LogP contribution in [0.4, 0.5) is 0 Å². The van der Waals surface area contributed by atoms with Crippen LogP contribution < -0.4 is 0 Å². The summed E-state index contributed by atoms with van der Waals surface area (Å²) in [6.07, 6.45) is 29.5. The van der Waals surface area contributed by atoms with Gasteiger partial charge >= 0.3 is 0 Å². The lowest BCUT2D eigenvalue weighted by molar-refractivity contribution is 0.267. The number of hydrogen-bond donors (Lipinski definition) is 0. The Morgan fingerprint density at radius 2 is 1.77 bits per heavy atom. The van der Waals surface area contributed by atoms with Gasteiger partial charge in [-0.3, -0.25) is 0 Å². The van der Waals surface area contributed by atoms with Crippen molar-refractivity contribution in [2.24, 2.45) is 40.9 Å². The van der Waals surface area contributed by atoms with Crippen LogP contribution >= 0.6 is 0 Å². The minimum Gasteiger partial charge on any atom is -0.103 e. The molecule has 3 aliphatic rings. The van der Waals surface area contributed by atoms with Crippen molar-refractivity contribution in [1.82, 2.24) is 0 Å². The molecule has 0 bridgehead atoms. The number of allylic oxidation sites excluding steroid dienone is 8. The van der Waals surface area contributed by atoms with Gasteiger partial charge < -0.3 is 0 Å². The quantitative estimate of drug-likeness (QED) is 0.228. The van der Waals surface area contributed by atoms with E-state index in [1.54, 1.807) is 0 Å². The summed E-state index contributed by atoms with van der Waals surface area (Å²) in [7, 11) is 0. The molecule has 0 spiro atoms. The van der Waals surface area contributed by atoms with Crippen molar-refractivity contribution in [1.29, 1.82) is 0 Å². The number of rotatable bonds is 9. The third kappa shape index (κ3) is 10.7. The van der Waals surface area contributed by atoms with E-state index >= 15 is 0 Å². The van der Waals surface area contributed by atoms with Crippen molar-refractivity contribution in [3.8, 4) is 0 Å². The second-order valence-corrected chi connectivity index (χ2v) is 13.3. The smallest absolute Gasteiger partial charge is 0.0135 e. The maximum absolute atomic E-state index is 4.60. The minimum atomic E-state index is 0.354. The van der Waals surface area contributed by atoms with E-state index in [-0.39, 0.29) is 0 Å². The molecule has 3 rings (SSSR count). The van der Waals surface area contributed by atoms with Gasteiger partial charge in [0.2, 0.25) is 0 Å². The molecule has 35 heavy (non-hydrogen) atoms. The van der Waals surface area contributed by atoms with Gasteiger partial charge in [-0.25, -0.2) is 0 Å². The lowest BCUT2D eigenvalue weighted by Crippen LogP contribution is -2.20. The molecule has 0 aromatic heterocycles. The first kappa shape index (κ1) is 29.9. The molecule has 3 aliphatic carbocycles. The maximum Gasteiger partial charge on any atom is -0.0135 e. The molecule has 0 aromatic carbocycles. The van der Waals surface area contributed by atoms with E-state index in [1.807, 2.05) is 6.08 Å². The summed E-state index contributed by atoms with van der Waals surface area (Å²) in [5.74, 6) is 5.35. The lowest BCUT2D eigenvalue weighted by atomic mass is 9.75. The molecule has 0 radical (unpaired) electrons. The van der Waals surface area contributed by atoms with Crippen LogP contribution in [-0.2, 0) is 0 Å². The first-order valence-corrected chi connectivity index (χ1v) is 14.9. The molecule has 2 saturated carbocycles. The van der Waals surface area contributed by atoms with Gasteiger partial charge in [-0.15, -0.1) is 6.58 Å². The van der Waals surface area contributed by atoms with Crippen LogP contribution in [0.3, 0.4) is 0 Å². The van der Waals surface area contributed by atoms with Crippen molar-refractivity contribution < 1.29 is 0 Å². The molecule has 0 aliphatic heterocycles. The average Bonchev–Trinajstić information content (AvgIpc) is 3.46. The summed E-state index contributed by atoms with van der Waals surface area (Å²) in [4.78, 5) is 0. The fourth-order valence-corrected chi connectivity index (χ4v) is 6.50. The van der Waals surface area contributed by atoms with Gasteiger partial charge in [0.15, 0.2) is 0 Å². The summed E-state index contributed by atoms with van der Waals surface area (Å²) >= 11 is 0. The predicted molar refractivity (Wildman–Crippen MR) is 159 cm³/mol. The summed E-state index contributed by atoms with van der Waals surface area (Å²) in [6.45, 7) is 22.4. The Morgan fingerprint density at radius 1 is 1.03 bits per heavy atom. The third-order valence-corrected chi connectivity index (χ3v) is 8.99. The van der Waals surface area contributed by atoms with Crippen molar-refractivity contribution in [2.45, 2.75) is 119 Å². The standard InChI is InChI=1S/C26H44.C9H14/c1-6-7-8-9-12-22(5)26(24-13-10-11-21(4)14-16-24)19-23-15-17-25(18-23)20(2)3;1-9(2,3)8-6-4-5-7-8/h6,8-9,20-21,23-26H,1,5,7,10-19H2,2-4H3;4,6-7H,5H2,1-3H3/b9-8-;/t21-,23?,24?,25?,26+;/m0./s1. The summed E-state index contributed by atoms with van der Waals surface area (Å²) in [6, 6.07) is 0. The molecule has 5 atom stereocenters. The topological polar surface area (TPSA) is 0 Å².